The summed E-state index contributed by atoms with van der Waals surface area (Å²) in [5, 5.41) is 5.29. The third-order valence-electron chi connectivity index (χ3n) is 4.26. The van der Waals surface area contributed by atoms with Gasteiger partial charge in [-0.05, 0) is 31.7 Å². The van der Waals surface area contributed by atoms with Crippen molar-refractivity contribution in [3.8, 4) is 0 Å². The molecule has 1 aromatic rings. The summed E-state index contributed by atoms with van der Waals surface area (Å²) in [5.74, 6) is -0.618. The summed E-state index contributed by atoms with van der Waals surface area (Å²) in [6.45, 7) is 3.58. The number of nitrogens with two attached hydrogens (primary N) is 2. The van der Waals surface area contributed by atoms with Gasteiger partial charge in [0.2, 0.25) is 11.8 Å². The SMILES string of the molecule is CCCCC(=O)N[C@@H](C)C(=O)N[C@H](C=O)CC[C@H](N=C(N)N)c1ccccc1. The zero-order valence-electron chi connectivity index (χ0n) is 16.6. The van der Waals surface area contributed by atoms with E-state index in [9.17, 15) is 14.4 Å². The Hall–Kier alpha value is -2.90. The van der Waals surface area contributed by atoms with Gasteiger partial charge in [0.05, 0.1) is 12.1 Å². The zero-order valence-corrected chi connectivity index (χ0v) is 16.6. The Balaban J connectivity index is 2.62. The number of hydrogen-bond donors (Lipinski definition) is 4. The smallest absolute Gasteiger partial charge is 0.242 e. The molecular weight excluding hydrogens is 358 g/mol. The summed E-state index contributed by atoms with van der Waals surface area (Å²) in [6.07, 6.45) is 3.57. The van der Waals surface area contributed by atoms with E-state index in [4.69, 9.17) is 11.5 Å². The number of rotatable bonds is 12. The van der Waals surface area contributed by atoms with Crippen molar-refractivity contribution in [2.45, 2.75) is 64.1 Å². The quantitative estimate of drug-likeness (QED) is 0.241. The van der Waals surface area contributed by atoms with E-state index < -0.39 is 18.0 Å². The van der Waals surface area contributed by atoms with Gasteiger partial charge in [-0.1, -0.05) is 43.7 Å². The first-order chi connectivity index (χ1) is 13.4. The molecule has 1 aromatic carbocycles. The van der Waals surface area contributed by atoms with Crippen molar-refractivity contribution < 1.29 is 14.4 Å². The third kappa shape index (κ3) is 8.66. The van der Waals surface area contributed by atoms with Gasteiger partial charge in [0, 0.05) is 6.42 Å². The number of amides is 2. The van der Waals surface area contributed by atoms with E-state index in [-0.39, 0.29) is 17.9 Å². The van der Waals surface area contributed by atoms with Crippen LogP contribution in [0, 0.1) is 0 Å². The third-order valence-corrected chi connectivity index (χ3v) is 4.26. The fourth-order valence-corrected chi connectivity index (χ4v) is 2.70. The van der Waals surface area contributed by atoms with Gasteiger partial charge in [-0.15, -0.1) is 0 Å². The second kappa shape index (κ2) is 12.5. The molecule has 8 nitrogen and oxygen atoms in total. The van der Waals surface area contributed by atoms with E-state index in [1.807, 2.05) is 37.3 Å². The molecule has 0 radical (unpaired) electrons. The van der Waals surface area contributed by atoms with Crippen LogP contribution < -0.4 is 22.1 Å². The summed E-state index contributed by atoms with van der Waals surface area (Å²) < 4.78 is 0. The maximum atomic E-state index is 12.3. The highest BCUT2D eigenvalue weighted by molar-refractivity contribution is 5.88. The largest absolute Gasteiger partial charge is 0.370 e. The molecular formula is C20H31N5O3. The van der Waals surface area contributed by atoms with Gasteiger partial charge in [0.25, 0.3) is 0 Å². The van der Waals surface area contributed by atoms with Crippen LogP contribution in [0.3, 0.4) is 0 Å². The van der Waals surface area contributed by atoms with Crippen molar-refractivity contribution in [3.63, 3.8) is 0 Å². The van der Waals surface area contributed by atoms with Crippen LogP contribution in [0.2, 0.25) is 0 Å². The van der Waals surface area contributed by atoms with E-state index in [0.717, 1.165) is 18.4 Å². The van der Waals surface area contributed by atoms with Gasteiger partial charge in [0.15, 0.2) is 5.96 Å². The maximum absolute atomic E-state index is 12.3. The van der Waals surface area contributed by atoms with Gasteiger partial charge < -0.3 is 26.9 Å². The first-order valence-electron chi connectivity index (χ1n) is 9.56. The van der Waals surface area contributed by atoms with Crippen LogP contribution in [-0.4, -0.2) is 36.1 Å². The molecule has 28 heavy (non-hydrogen) atoms. The van der Waals surface area contributed by atoms with Crippen LogP contribution in [0.25, 0.3) is 0 Å². The minimum atomic E-state index is -0.713. The number of carbonyl (C=O) groups is 3. The molecule has 0 heterocycles. The van der Waals surface area contributed by atoms with Crippen molar-refractivity contribution in [1.29, 1.82) is 0 Å². The lowest BCUT2D eigenvalue weighted by atomic mass is 10.00. The normalized spacial score (nSPS) is 13.6. The topological polar surface area (TPSA) is 140 Å². The lowest BCUT2D eigenvalue weighted by Crippen LogP contribution is -2.48. The molecule has 0 spiro atoms. The highest BCUT2D eigenvalue weighted by Gasteiger charge is 2.20. The summed E-state index contributed by atoms with van der Waals surface area (Å²) in [5.41, 5.74) is 12.0. The number of nitrogens with one attached hydrogen (secondary N) is 2. The maximum Gasteiger partial charge on any atom is 0.242 e. The monoisotopic (exact) mass is 389 g/mol. The first kappa shape index (κ1) is 23.1. The Bertz CT molecular complexity index is 659. The van der Waals surface area contributed by atoms with Gasteiger partial charge >= 0.3 is 0 Å². The second-order valence-corrected chi connectivity index (χ2v) is 6.70. The fraction of sp³-hybridized carbons (Fsp3) is 0.500. The molecule has 0 fully saturated rings. The minimum Gasteiger partial charge on any atom is -0.370 e. The summed E-state index contributed by atoms with van der Waals surface area (Å²) >= 11 is 0. The van der Waals surface area contributed by atoms with Crippen LogP contribution in [0.1, 0.15) is 57.6 Å². The number of carbonyl (C=O) groups excluding carboxylic acids is 3. The molecule has 1 rings (SSSR count). The minimum absolute atomic E-state index is 0.0380. The number of benzene rings is 1. The van der Waals surface area contributed by atoms with E-state index in [0.29, 0.717) is 25.5 Å². The molecule has 0 aliphatic heterocycles. The lowest BCUT2D eigenvalue weighted by molar-refractivity contribution is -0.129. The van der Waals surface area contributed by atoms with Crippen LogP contribution in [0.5, 0.6) is 0 Å². The van der Waals surface area contributed by atoms with Crippen molar-refractivity contribution in [1.82, 2.24) is 10.6 Å². The van der Waals surface area contributed by atoms with Gasteiger partial charge in [-0.2, -0.15) is 0 Å². The van der Waals surface area contributed by atoms with E-state index in [1.165, 1.54) is 0 Å². The van der Waals surface area contributed by atoms with Gasteiger partial charge in [-0.3, -0.25) is 9.59 Å². The molecule has 0 saturated heterocycles. The average Bonchev–Trinajstić information content (AvgIpc) is 2.68. The number of aldehydes is 1. The molecule has 0 aliphatic rings. The van der Waals surface area contributed by atoms with Crippen molar-refractivity contribution in [2.75, 3.05) is 0 Å². The first-order valence-corrected chi connectivity index (χ1v) is 9.56. The predicted octanol–water partition coefficient (Wildman–Crippen LogP) is 1.16. The van der Waals surface area contributed by atoms with E-state index in [1.54, 1.807) is 6.92 Å². The number of aliphatic imine (C=N–C) groups is 1. The number of nitrogens with zero attached hydrogens (tertiary/aromatic N) is 1. The summed E-state index contributed by atoms with van der Waals surface area (Å²) in [7, 11) is 0. The predicted molar refractivity (Wildman–Crippen MR) is 109 cm³/mol. The second-order valence-electron chi connectivity index (χ2n) is 6.70. The lowest BCUT2D eigenvalue weighted by Gasteiger charge is -2.20. The van der Waals surface area contributed by atoms with Crippen LogP contribution >= 0.6 is 0 Å². The molecule has 154 valence electrons. The Morgan fingerprint density at radius 2 is 1.82 bits per heavy atom. The molecule has 0 saturated carbocycles. The molecule has 0 aromatic heterocycles. The molecule has 3 atom stereocenters. The molecule has 0 bridgehead atoms. The van der Waals surface area contributed by atoms with Crippen LogP contribution in [0.4, 0.5) is 0 Å². The zero-order chi connectivity index (χ0) is 20.9. The molecule has 6 N–H and O–H groups in total. The summed E-state index contributed by atoms with van der Waals surface area (Å²) in [6, 6.07) is 7.74. The standard InChI is InChI=1S/C20H31N5O3/c1-3-4-10-18(27)23-14(2)19(28)24-16(13-26)11-12-17(25-20(21)22)15-8-6-5-7-9-15/h5-9,13-14,16-17H,3-4,10-12H2,1-2H3,(H,23,27)(H,24,28)(H4,21,22,25)/t14-,16-,17-/m0/s1. The number of unbranched alkanes of at least 4 members (excludes halogenated alkanes) is 1. The number of hydrogen-bond acceptors (Lipinski definition) is 4. The Morgan fingerprint density at radius 3 is 2.39 bits per heavy atom. The highest BCUT2D eigenvalue weighted by Crippen LogP contribution is 2.23. The molecule has 2 amide bonds. The summed E-state index contributed by atoms with van der Waals surface area (Å²) in [4.78, 5) is 39.6. The van der Waals surface area contributed by atoms with Crippen LogP contribution in [0.15, 0.2) is 35.3 Å². The average molecular weight is 390 g/mol. The fourth-order valence-electron chi connectivity index (χ4n) is 2.70. The van der Waals surface area contributed by atoms with E-state index in [2.05, 4.69) is 15.6 Å². The van der Waals surface area contributed by atoms with Crippen molar-refractivity contribution >= 4 is 24.1 Å². The highest BCUT2D eigenvalue weighted by atomic mass is 16.2. The molecule has 8 heteroatoms. The molecule has 0 unspecified atom stereocenters. The van der Waals surface area contributed by atoms with Crippen LogP contribution in [-0.2, 0) is 14.4 Å². The van der Waals surface area contributed by atoms with Gasteiger partial charge in [0.1, 0.15) is 12.3 Å². The van der Waals surface area contributed by atoms with Crippen molar-refractivity contribution in [2.24, 2.45) is 16.5 Å². The Kier molecular flexibility index (Phi) is 10.3. The Morgan fingerprint density at radius 1 is 1.14 bits per heavy atom. The van der Waals surface area contributed by atoms with Crippen molar-refractivity contribution in [3.05, 3.63) is 35.9 Å². The molecule has 0 aliphatic carbocycles. The van der Waals surface area contributed by atoms with E-state index >= 15 is 0 Å². The van der Waals surface area contributed by atoms with Gasteiger partial charge in [-0.25, -0.2) is 4.99 Å². The Labute approximate surface area is 166 Å². The number of guanidine groups is 1.